The summed E-state index contributed by atoms with van der Waals surface area (Å²) in [5.41, 5.74) is 3.44. The molecule has 0 saturated heterocycles. The van der Waals surface area contributed by atoms with Crippen molar-refractivity contribution in [3.05, 3.63) is 41.0 Å². The van der Waals surface area contributed by atoms with Crippen LogP contribution in [-0.4, -0.2) is 22.5 Å². The molecule has 118 valence electrons. The molecule has 7 heteroatoms. The van der Waals surface area contributed by atoms with Gasteiger partial charge in [-0.25, -0.2) is 4.98 Å². The summed E-state index contributed by atoms with van der Waals surface area (Å²) in [6, 6.07) is 7.95. The summed E-state index contributed by atoms with van der Waals surface area (Å²) in [7, 11) is 0. The number of carbonyl (C=O) groups excluding carboxylic acids is 1. The van der Waals surface area contributed by atoms with E-state index in [-0.39, 0.29) is 12.4 Å². The van der Waals surface area contributed by atoms with Crippen LogP contribution in [0.5, 0.6) is 0 Å². The summed E-state index contributed by atoms with van der Waals surface area (Å²) < 4.78 is 4.91. The Bertz CT molecular complexity index is 866. The highest BCUT2D eigenvalue weighted by Gasteiger charge is 2.09. The average molecular weight is 328 g/mol. The van der Waals surface area contributed by atoms with Crippen LogP contribution in [0.25, 0.3) is 10.9 Å². The Kier molecular flexibility index (Phi) is 4.47. The highest BCUT2D eigenvalue weighted by atomic mass is 32.1. The van der Waals surface area contributed by atoms with E-state index >= 15 is 0 Å². The Morgan fingerprint density at radius 1 is 1.35 bits per heavy atom. The summed E-state index contributed by atoms with van der Waals surface area (Å²) in [4.78, 5) is 19.0. The van der Waals surface area contributed by atoms with Crippen LogP contribution in [0.2, 0.25) is 0 Å². The van der Waals surface area contributed by atoms with Gasteiger partial charge in [0, 0.05) is 22.0 Å². The molecule has 23 heavy (non-hydrogen) atoms. The SMILES string of the molecule is CCOC(=O)Cc1csc(N=Nc2c(C)[nH]c3ccccc23)n1. The molecular weight excluding hydrogens is 312 g/mol. The zero-order valence-corrected chi connectivity index (χ0v) is 13.7. The number of benzene rings is 1. The lowest BCUT2D eigenvalue weighted by Crippen LogP contribution is -2.07. The van der Waals surface area contributed by atoms with E-state index in [1.807, 2.05) is 31.2 Å². The smallest absolute Gasteiger partial charge is 0.311 e. The largest absolute Gasteiger partial charge is 0.466 e. The van der Waals surface area contributed by atoms with Gasteiger partial charge >= 0.3 is 5.97 Å². The number of nitrogens with one attached hydrogen (secondary N) is 1. The molecule has 3 aromatic rings. The van der Waals surface area contributed by atoms with Gasteiger partial charge in [-0.2, -0.15) is 0 Å². The Balaban J connectivity index is 1.79. The van der Waals surface area contributed by atoms with Gasteiger partial charge < -0.3 is 9.72 Å². The first-order valence-corrected chi connectivity index (χ1v) is 8.14. The number of esters is 1. The molecule has 1 N–H and O–H groups in total. The van der Waals surface area contributed by atoms with Gasteiger partial charge in [-0.15, -0.1) is 21.6 Å². The first-order valence-electron chi connectivity index (χ1n) is 7.26. The number of nitrogens with zero attached hydrogens (tertiary/aromatic N) is 3. The number of H-pyrrole nitrogens is 1. The number of rotatable bonds is 5. The van der Waals surface area contributed by atoms with Crippen molar-refractivity contribution in [2.45, 2.75) is 20.3 Å². The standard InChI is InChI=1S/C16H16N4O2S/c1-3-22-14(21)8-11-9-23-16(18-11)20-19-15-10(2)17-13-7-5-4-6-12(13)15/h4-7,9,17H,3,8H2,1-2H3. The molecule has 0 unspecified atom stereocenters. The van der Waals surface area contributed by atoms with E-state index < -0.39 is 0 Å². The van der Waals surface area contributed by atoms with Crippen molar-refractivity contribution in [3.63, 3.8) is 0 Å². The van der Waals surface area contributed by atoms with Gasteiger partial charge in [-0.3, -0.25) is 4.79 Å². The third kappa shape index (κ3) is 3.45. The molecule has 0 atom stereocenters. The molecule has 2 heterocycles. The minimum atomic E-state index is -0.284. The van der Waals surface area contributed by atoms with Crippen molar-refractivity contribution < 1.29 is 9.53 Å². The molecule has 0 fully saturated rings. The number of thiazole rings is 1. The zero-order valence-electron chi connectivity index (χ0n) is 12.9. The van der Waals surface area contributed by atoms with Crippen LogP contribution in [0.4, 0.5) is 10.8 Å². The molecule has 0 spiro atoms. The lowest BCUT2D eigenvalue weighted by atomic mass is 10.2. The molecule has 3 rings (SSSR count). The second-order valence-corrected chi connectivity index (χ2v) is 5.78. The van der Waals surface area contributed by atoms with Crippen molar-refractivity contribution in [1.29, 1.82) is 0 Å². The number of hydrogen-bond donors (Lipinski definition) is 1. The van der Waals surface area contributed by atoms with Gasteiger partial charge in [-0.1, -0.05) is 18.2 Å². The van der Waals surface area contributed by atoms with Crippen molar-refractivity contribution in [2.75, 3.05) is 6.61 Å². The number of carbonyl (C=O) groups is 1. The maximum atomic E-state index is 11.4. The van der Waals surface area contributed by atoms with Gasteiger partial charge in [0.1, 0.15) is 5.69 Å². The fourth-order valence-electron chi connectivity index (χ4n) is 2.27. The quantitative estimate of drug-likeness (QED) is 0.555. The summed E-state index contributed by atoms with van der Waals surface area (Å²) in [6.07, 6.45) is 0.159. The maximum absolute atomic E-state index is 11.4. The Hall–Kier alpha value is -2.54. The predicted octanol–water partition coefficient (Wildman–Crippen LogP) is 4.45. The van der Waals surface area contributed by atoms with E-state index in [1.165, 1.54) is 11.3 Å². The number of ether oxygens (including phenoxy) is 1. The minimum Gasteiger partial charge on any atom is -0.466 e. The predicted molar refractivity (Wildman–Crippen MR) is 89.7 cm³/mol. The Morgan fingerprint density at radius 2 is 2.17 bits per heavy atom. The average Bonchev–Trinajstić information content (AvgIpc) is 3.09. The Morgan fingerprint density at radius 3 is 3.00 bits per heavy atom. The zero-order chi connectivity index (χ0) is 16.2. The van der Waals surface area contributed by atoms with Crippen molar-refractivity contribution in [3.8, 4) is 0 Å². The number of para-hydroxylation sites is 1. The molecule has 6 nitrogen and oxygen atoms in total. The summed E-state index contributed by atoms with van der Waals surface area (Å²) in [6.45, 7) is 4.11. The Labute approximate surface area is 137 Å². The third-order valence-electron chi connectivity index (χ3n) is 3.27. The minimum absolute atomic E-state index is 0.159. The molecule has 0 radical (unpaired) electrons. The van der Waals surface area contributed by atoms with E-state index in [2.05, 4.69) is 20.2 Å². The number of fused-ring (bicyclic) bond motifs is 1. The lowest BCUT2D eigenvalue weighted by Gasteiger charge is -1.97. The maximum Gasteiger partial charge on any atom is 0.311 e. The van der Waals surface area contributed by atoms with Crippen LogP contribution in [0, 0.1) is 6.92 Å². The number of hydrogen-bond acceptors (Lipinski definition) is 6. The van der Waals surface area contributed by atoms with Crippen molar-refractivity contribution in [1.82, 2.24) is 9.97 Å². The molecule has 0 aliphatic carbocycles. The molecular formula is C16H16N4O2S. The van der Waals surface area contributed by atoms with Crippen molar-refractivity contribution in [2.24, 2.45) is 10.2 Å². The first kappa shape index (κ1) is 15.4. The van der Waals surface area contributed by atoms with Crippen LogP contribution in [0.1, 0.15) is 18.3 Å². The van der Waals surface area contributed by atoms with Gasteiger partial charge in [-0.05, 0) is 19.9 Å². The summed E-state index contributed by atoms with van der Waals surface area (Å²) in [5, 5.41) is 11.9. The van der Waals surface area contributed by atoms with E-state index in [0.29, 0.717) is 17.4 Å². The number of aryl methyl sites for hydroxylation is 1. The number of azo groups is 1. The molecule has 0 saturated carbocycles. The monoisotopic (exact) mass is 328 g/mol. The van der Waals surface area contributed by atoms with Gasteiger partial charge in [0.25, 0.3) is 0 Å². The second-order valence-electron chi connectivity index (χ2n) is 4.95. The molecule has 1 aromatic carbocycles. The van der Waals surface area contributed by atoms with E-state index in [9.17, 15) is 4.79 Å². The van der Waals surface area contributed by atoms with Gasteiger partial charge in [0.05, 0.1) is 18.7 Å². The summed E-state index contributed by atoms with van der Waals surface area (Å²) >= 11 is 1.35. The highest BCUT2D eigenvalue weighted by molar-refractivity contribution is 7.13. The van der Waals surface area contributed by atoms with Crippen molar-refractivity contribution >= 4 is 39.0 Å². The van der Waals surface area contributed by atoms with Gasteiger partial charge in [0.15, 0.2) is 0 Å². The van der Waals surface area contributed by atoms with Crippen LogP contribution in [0.15, 0.2) is 39.9 Å². The van der Waals surface area contributed by atoms with Crippen LogP contribution in [-0.2, 0) is 16.0 Å². The molecule has 0 amide bonds. The molecule has 2 aromatic heterocycles. The van der Waals surface area contributed by atoms with Crippen LogP contribution in [0.3, 0.4) is 0 Å². The lowest BCUT2D eigenvalue weighted by molar-refractivity contribution is -0.142. The topological polar surface area (TPSA) is 79.7 Å². The summed E-state index contributed by atoms with van der Waals surface area (Å²) in [5.74, 6) is -0.284. The van der Waals surface area contributed by atoms with Crippen LogP contribution < -0.4 is 0 Å². The fourth-order valence-corrected chi connectivity index (χ4v) is 2.90. The molecule has 0 aliphatic rings. The highest BCUT2D eigenvalue weighted by Crippen LogP contribution is 2.31. The second kappa shape index (κ2) is 6.70. The first-order chi connectivity index (χ1) is 11.2. The van der Waals surface area contributed by atoms with E-state index in [0.717, 1.165) is 22.3 Å². The number of aromatic nitrogens is 2. The van der Waals surface area contributed by atoms with E-state index in [4.69, 9.17) is 4.74 Å². The third-order valence-corrected chi connectivity index (χ3v) is 4.04. The fraction of sp³-hybridized carbons (Fsp3) is 0.250. The molecule has 0 aliphatic heterocycles. The van der Waals surface area contributed by atoms with E-state index in [1.54, 1.807) is 12.3 Å². The number of aromatic amines is 1. The normalized spacial score (nSPS) is 11.4. The van der Waals surface area contributed by atoms with Gasteiger partial charge in [0.2, 0.25) is 5.13 Å². The molecule has 0 bridgehead atoms. The van der Waals surface area contributed by atoms with Crippen LogP contribution >= 0.6 is 11.3 Å².